The highest BCUT2D eigenvalue weighted by atomic mass is 16.5. The maximum atomic E-state index is 11.7. The summed E-state index contributed by atoms with van der Waals surface area (Å²) in [5.41, 5.74) is 0.985. The third-order valence-corrected chi connectivity index (χ3v) is 3.42. The number of carboxylic acid groups (broad SMARTS) is 1. The van der Waals surface area contributed by atoms with Crippen LogP contribution >= 0.6 is 0 Å². The second-order valence-corrected chi connectivity index (χ2v) is 5.17. The fourth-order valence-corrected chi connectivity index (χ4v) is 2.46. The zero-order chi connectivity index (χ0) is 16.7. The summed E-state index contributed by atoms with van der Waals surface area (Å²) in [6.45, 7) is 3.55. The monoisotopic (exact) mass is 313 g/mol. The number of hydrogen-bond acceptors (Lipinski definition) is 3. The Morgan fingerprint density at radius 1 is 1.22 bits per heavy atom. The first-order chi connectivity index (χ1) is 11.1. The fourth-order valence-electron chi connectivity index (χ4n) is 2.46. The average molecular weight is 313 g/mol. The number of hydrogen-bond donors (Lipinski definition) is 2. The molecule has 2 N–H and O–H groups in total. The van der Waals surface area contributed by atoms with Crippen molar-refractivity contribution in [1.82, 2.24) is 5.32 Å². The normalized spacial score (nSPS) is 11.7. The summed E-state index contributed by atoms with van der Waals surface area (Å²) in [6, 6.07) is 13.2. The molecule has 0 aliphatic heterocycles. The molecule has 0 saturated heterocycles. The van der Waals surface area contributed by atoms with Gasteiger partial charge in [0.2, 0.25) is 0 Å². The third kappa shape index (κ3) is 4.85. The molecule has 1 amide bonds. The van der Waals surface area contributed by atoms with E-state index in [0.717, 1.165) is 16.3 Å². The van der Waals surface area contributed by atoms with Gasteiger partial charge in [-0.25, -0.2) is 4.79 Å². The first-order valence-electron chi connectivity index (χ1n) is 7.32. The van der Waals surface area contributed by atoms with Gasteiger partial charge in [-0.1, -0.05) is 55.1 Å². The Bertz CT molecular complexity index is 706. The van der Waals surface area contributed by atoms with Crippen LogP contribution in [0.25, 0.3) is 10.8 Å². The predicted molar refractivity (Wildman–Crippen MR) is 88.4 cm³/mol. The number of amides is 1. The molecule has 0 fully saturated rings. The topological polar surface area (TPSA) is 75.6 Å². The molecule has 0 radical (unpaired) electrons. The molecule has 5 heteroatoms. The van der Waals surface area contributed by atoms with E-state index in [9.17, 15) is 9.59 Å². The van der Waals surface area contributed by atoms with Gasteiger partial charge in [-0.2, -0.15) is 0 Å². The molecule has 0 bridgehead atoms. The first kappa shape index (κ1) is 16.5. The molecule has 2 rings (SSSR count). The van der Waals surface area contributed by atoms with Crippen LogP contribution < -0.4 is 5.32 Å². The van der Waals surface area contributed by atoms with Crippen molar-refractivity contribution in [3.8, 4) is 0 Å². The first-order valence-corrected chi connectivity index (χ1v) is 7.32. The minimum atomic E-state index is -0.973. The van der Waals surface area contributed by atoms with Gasteiger partial charge in [0.1, 0.15) is 6.61 Å². The van der Waals surface area contributed by atoms with Gasteiger partial charge in [-0.3, -0.25) is 4.79 Å². The number of fused-ring (bicyclic) bond motifs is 1. The van der Waals surface area contributed by atoms with Crippen LogP contribution in [0.2, 0.25) is 0 Å². The van der Waals surface area contributed by atoms with Gasteiger partial charge in [0, 0.05) is 6.04 Å². The lowest BCUT2D eigenvalue weighted by molar-refractivity contribution is -0.137. The van der Waals surface area contributed by atoms with E-state index in [2.05, 4.69) is 11.9 Å². The maximum Gasteiger partial charge on any atom is 0.407 e. The number of carboxylic acids is 1. The predicted octanol–water partition coefficient (Wildman–Crippen LogP) is 3.14. The van der Waals surface area contributed by atoms with Crippen molar-refractivity contribution in [2.45, 2.75) is 18.9 Å². The Balaban J connectivity index is 2.17. The number of aliphatic carboxylic acids is 1. The molecule has 1 atom stereocenters. The molecule has 0 aliphatic carbocycles. The summed E-state index contributed by atoms with van der Waals surface area (Å²) in [7, 11) is 0. The van der Waals surface area contributed by atoms with E-state index in [-0.39, 0.29) is 13.0 Å². The van der Waals surface area contributed by atoms with Crippen LogP contribution in [0.1, 0.15) is 12.0 Å². The molecule has 23 heavy (non-hydrogen) atoms. The van der Waals surface area contributed by atoms with Crippen LogP contribution in [-0.4, -0.2) is 29.8 Å². The standard InChI is InChI=1S/C18H19NO4/c1-2-10-23-18(22)19-15(12-17(20)21)11-14-8-5-7-13-6-3-4-9-16(13)14/h2-9,15H,1,10-12H2,(H,19,22)(H,20,21)/t15-/m1/s1. The van der Waals surface area contributed by atoms with E-state index in [1.54, 1.807) is 0 Å². The van der Waals surface area contributed by atoms with E-state index in [4.69, 9.17) is 9.84 Å². The Labute approximate surface area is 134 Å². The van der Waals surface area contributed by atoms with E-state index >= 15 is 0 Å². The van der Waals surface area contributed by atoms with Crippen LogP contribution in [0.3, 0.4) is 0 Å². The van der Waals surface area contributed by atoms with Crippen molar-refractivity contribution in [2.75, 3.05) is 6.61 Å². The summed E-state index contributed by atoms with van der Waals surface area (Å²) in [4.78, 5) is 22.7. The summed E-state index contributed by atoms with van der Waals surface area (Å²) < 4.78 is 4.87. The molecule has 0 unspecified atom stereocenters. The summed E-state index contributed by atoms with van der Waals surface area (Å²) in [6.07, 6.45) is 1.05. The summed E-state index contributed by atoms with van der Waals surface area (Å²) in [5, 5.41) is 13.8. The lowest BCUT2D eigenvalue weighted by atomic mass is 9.97. The van der Waals surface area contributed by atoms with Gasteiger partial charge in [0.25, 0.3) is 0 Å². The van der Waals surface area contributed by atoms with Crippen LogP contribution in [0.4, 0.5) is 4.79 Å². The van der Waals surface area contributed by atoms with Gasteiger partial charge < -0.3 is 15.2 Å². The summed E-state index contributed by atoms with van der Waals surface area (Å²) in [5.74, 6) is -0.973. The number of benzene rings is 2. The zero-order valence-electron chi connectivity index (χ0n) is 12.7. The smallest absolute Gasteiger partial charge is 0.407 e. The number of ether oxygens (including phenoxy) is 1. The fraction of sp³-hybridized carbons (Fsp3) is 0.222. The minimum absolute atomic E-state index is 0.0832. The zero-order valence-corrected chi connectivity index (χ0v) is 12.7. The maximum absolute atomic E-state index is 11.7. The van der Waals surface area contributed by atoms with Crippen LogP contribution in [-0.2, 0) is 16.0 Å². The molecule has 0 aliphatic rings. The molecule has 5 nitrogen and oxygen atoms in total. The quantitative estimate of drug-likeness (QED) is 0.770. The van der Waals surface area contributed by atoms with Gasteiger partial charge in [0.05, 0.1) is 6.42 Å². The summed E-state index contributed by atoms with van der Waals surface area (Å²) >= 11 is 0. The lowest BCUT2D eigenvalue weighted by Gasteiger charge is -2.17. The number of alkyl carbamates (subject to hydrolysis) is 1. The van der Waals surface area contributed by atoms with E-state index in [1.165, 1.54) is 6.08 Å². The molecule has 0 saturated carbocycles. The largest absolute Gasteiger partial charge is 0.481 e. The van der Waals surface area contributed by atoms with E-state index in [1.807, 2.05) is 42.5 Å². The minimum Gasteiger partial charge on any atom is -0.481 e. The van der Waals surface area contributed by atoms with Crippen molar-refractivity contribution in [3.05, 3.63) is 60.7 Å². The highest BCUT2D eigenvalue weighted by Gasteiger charge is 2.18. The Kier molecular flexibility index (Phi) is 5.74. The molecule has 2 aromatic rings. The van der Waals surface area contributed by atoms with Crippen molar-refractivity contribution in [3.63, 3.8) is 0 Å². The van der Waals surface area contributed by atoms with E-state index < -0.39 is 18.1 Å². The molecule has 0 heterocycles. The van der Waals surface area contributed by atoms with Crippen molar-refractivity contribution < 1.29 is 19.4 Å². The number of carbonyl (C=O) groups is 2. The second kappa shape index (κ2) is 7.98. The Morgan fingerprint density at radius 3 is 2.70 bits per heavy atom. The highest BCUT2D eigenvalue weighted by Crippen LogP contribution is 2.20. The third-order valence-electron chi connectivity index (χ3n) is 3.42. The van der Waals surface area contributed by atoms with Crippen LogP contribution in [0.5, 0.6) is 0 Å². The Hall–Kier alpha value is -2.82. The molecular formula is C18H19NO4. The number of nitrogens with one attached hydrogen (secondary N) is 1. The highest BCUT2D eigenvalue weighted by molar-refractivity contribution is 5.85. The molecule has 0 spiro atoms. The van der Waals surface area contributed by atoms with Crippen molar-refractivity contribution in [1.29, 1.82) is 0 Å². The molecule has 2 aromatic carbocycles. The SMILES string of the molecule is C=CCOC(=O)N[C@@H](CC(=O)O)Cc1cccc2ccccc12. The second-order valence-electron chi connectivity index (χ2n) is 5.17. The molecular weight excluding hydrogens is 294 g/mol. The van der Waals surface area contributed by atoms with Crippen molar-refractivity contribution >= 4 is 22.8 Å². The van der Waals surface area contributed by atoms with Gasteiger partial charge in [0.15, 0.2) is 0 Å². The lowest BCUT2D eigenvalue weighted by Crippen LogP contribution is -2.38. The van der Waals surface area contributed by atoms with Crippen LogP contribution in [0, 0.1) is 0 Å². The number of carbonyl (C=O) groups excluding carboxylic acids is 1. The van der Waals surface area contributed by atoms with Gasteiger partial charge in [-0.15, -0.1) is 0 Å². The molecule has 120 valence electrons. The van der Waals surface area contributed by atoms with Crippen molar-refractivity contribution in [2.24, 2.45) is 0 Å². The average Bonchev–Trinajstić information content (AvgIpc) is 2.52. The van der Waals surface area contributed by atoms with E-state index in [0.29, 0.717) is 6.42 Å². The van der Waals surface area contributed by atoms with Gasteiger partial charge in [-0.05, 0) is 22.8 Å². The number of rotatable bonds is 7. The Morgan fingerprint density at radius 2 is 1.96 bits per heavy atom. The van der Waals surface area contributed by atoms with Gasteiger partial charge >= 0.3 is 12.1 Å². The van der Waals surface area contributed by atoms with Crippen LogP contribution in [0.15, 0.2) is 55.1 Å². The molecule has 0 aromatic heterocycles.